The van der Waals surface area contributed by atoms with E-state index in [1.54, 1.807) is 23.5 Å². The quantitative estimate of drug-likeness (QED) is 0.400. The molecule has 0 aromatic heterocycles. The summed E-state index contributed by atoms with van der Waals surface area (Å²) in [6, 6.07) is 17.7. The highest BCUT2D eigenvalue weighted by atomic mass is 32.2. The Morgan fingerprint density at radius 3 is 2.47 bits per heavy atom. The van der Waals surface area contributed by atoms with Crippen LogP contribution in [0.4, 0.5) is 11.4 Å². The monoisotopic (exact) mass is 526 g/mol. The molecule has 1 heterocycles. The lowest BCUT2D eigenvalue weighted by molar-refractivity contribution is -0.129. The van der Waals surface area contributed by atoms with Crippen LogP contribution in [0.2, 0.25) is 0 Å². The summed E-state index contributed by atoms with van der Waals surface area (Å²) in [7, 11) is 2.04. The molecule has 8 heteroatoms. The number of benzene rings is 2. The number of hydrogen-bond acceptors (Lipinski definition) is 6. The Hall–Kier alpha value is -2.16. The van der Waals surface area contributed by atoms with Crippen molar-refractivity contribution < 1.29 is 9.59 Å². The molecule has 1 aliphatic carbocycles. The molecule has 2 aromatic rings. The maximum absolute atomic E-state index is 13.1. The van der Waals surface area contributed by atoms with Crippen LogP contribution < -0.4 is 20.9 Å². The lowest BCUT2D eigenvalue weighted by Gasteiger charge is -2.23. The standard InChI is InChI=1S/C28H38N4O2S2/c1-32(23-10-6-3-7-11-23)24-14-12-21(13-15-24)16-29-27(33)26(31-28(34)25-18-36-20-30-25)19-35-17-22-8-4-2-5-9-22/h3,6-7,10-15,22,25-26,30H,2,4-5,8-9,16-20H2,1H3,(H,29,33)(H,31,34). The molecule has 2 amide bonds. The van der Waals surface area contributed by atoms with E-state index in [9.17, 15) is 9.59 Å². The zero-order valence-corrected chi connectivity index (χ0v) is 22.7. The van der Waals surface area contributed by atoms with Crippen molar-refractivity contribution in [1.82, 2.24) is 16.0 Å². The molecule has 36 heavy (non-hydrogen) atoms. The fourth-order valence-electron chi connectivity index (χ4n) is 4.68. The SMILES string of the molecule is CN(c1ccccc1)c1ccc(CNC(=O)C(CSCC2CCCCC2)NC(=O)C2CSCN2)cc1. The molecule has 0 spiro atoms. The summed E-state index contributed by atoms with van der Waals surface area (Å²) in [5.74, 6) is 3.74. The molecule has 2 aromatic carbocycles. The zero-order valence-electron chi connectivity index (χ0n) is 21.1. The van der Waals surface area contributed by atoms with E-state index in [0.29, 0.717) is 12.3 Å². The third-order valence-corrected chi connectivity index (χ3v) is 9.18. The van der Waals surface area contributed by atoms with E-state index < -0.39 is 6.04 Å². The van der Waals surface area contributed by atoms with Gasteiger partial charge in [-0.2, -0.15) is 11.8 Å². The van der Waals surface area contributed by atoms with Gasteiger partial charge in [0.25, 0.3) is 0 Å². The summed E-state index contributed by atoms with van der Waals surface area (Å²) >= 11 is 3.51. The van der Waals surface area contributed by atoms with E-state index in [2.05, 4.69) is 45.1 Å². The first-order valence-corrected chi connectivity index (χ1v) is 15.3. The summed E-state index contributed by atoms with van der Waals surface area (Å²) in [6.45, 7) is 0.436. The Kier molecular flexibility index (Phi) is 10.4. The van der Waals surface area contributed by atoms with Gasteiger partial charge in [-0.05, 0) is 54.3 Å². The first kappa shape index (κ1) is 26.9. The number of carbonyl (C=O) groups is 2. The molecule has 0 radical (unpaired) electrons. The molecule has 2 unspecified atom stereocenters. The van der Waals surface area contributed by atoms with Gasteiger partial charge in [0.2, 0.25) is 11.8 Å². The van der Waals surface area contributed by atoms with Crippen LogP contribution >= 0.6 is 23.5 Å². The van der Waals surface area contributed by atoms with E-state index in [4.69, 9.17) is 0 Å². The lowest BCUT2D eigenvalue weighted by atomic mass is 9.91. The summed E-state index contributed by atoms with van der Waals surface area (Å²) in [4.78, 5) is 28.0. The number of nitrogens with zero attached hydrogens (tertiary/aromatic N) is 1. The van der Waals surface area contributed by atoms with Gasteiger partial charge in [0.1, 0.15) is 6.04 Å². The molecule has 4 rings (SSSR count). The molecule has 1 saturated carbocycles. The van der Waals surface area contributed by atoms with Crippen molar-refractivity contribution in [3.05, 3.63) is 60.2 Å². The van der Waals surface area contributed by atoms with Gasteiger partial charge in [0.05, 0.1) is 6.04 Å². The minimum atomic E-state index is -0.526. The van der Waals surface area contributed by atoms with Crippen molar-refractivity contribution in [3.63, 3.8) is 0 Å². The second kappa shape index (κ2) is 14.0. The molecule has 1 saturated heterocycles. The average molecular weight is 527 g/mol. The largest absolute Gasteiger partial charge is 0.350 e. The van der Waals surface area contributed by atoms with Crippen LogP contribution in [-0.2, 0) is 16.1 Å². The van der Waals surface area contributed by atoms with E-state index in [0.717, 1.165) is 40.2 Å². The van der Waals surface area contributed by atoms with Crippen molar-refractivity contribution in [2.45, 2.75) is 50.7 Å². The van der Waals surface area contributed by atoms with Crippen LogP contribution in [0, 0.1) is 5.92 Å². The van der Waals surface area contributed by atoms with Gasteiger partial charge < -0.3 is 15.5 Å². The van der Waals surface area contributed by atoms with Crippen molar-refractivity contribution >= 4 is 46.7 Å². The van der Waals surface area contributed by atoms with Crippen molar-refractivity contribution in [2.24, 2.45) is 5.92 Å². The second-order valence-corrected chi connectivity index (χ2v) is 11.8. The first-order valence-electron chi connectivity index (χ1n) is 12.9. The van der Waals surface area contributed by atoms with E-state index in [1.165, 1.54) is 32.1 Å². The number of para-hydroxylation sites is 1. The summed E-state index contributed by atoms with van der Waals surface area (Å²) in [6.07, 6.45) is 6.55. The van der Waals surface area contributed by atoms with Crippen LogP contribution in [0.3, 0.4) is 0 Å². The van der Waals surface area contributed by atoms with Crippen LogP contribution in [0.15, 0.2) is 54.6 Å². The van der Waals surface area contributed by atoms with Gasteiger partial charge in [0, 0.05) is 42.3 Å². The molecule has 194 valence electrons. The fourth-order valence-corrected chi connectivity index (χ4v) is 6.89. The van der Waals surface area contributed by atoms with Gasteiger partial charge in [-0.3, -0.25) is 14.9 Å². The molecule has 2 aliphatic rings. The normalized spacial score (nSPS) is 19.0. The number of anilines is 2. The van der Waals surface area contributed by atoms with E-state index >= 15 is 0 Å². The second-order valence-electron chi connectivity index (χ2n) is 9.65. The highest BCUT2D eigenvalue weighted by Crippen LogP contribution is 2.27. The predicted molar refractivity (Wildman–Crippen MR) is 153 cm³/mol. The topological polar surface area (TPSA) is 73.5 Å². The number of hydrogen-bond donors (Lipinski definition) is 3. The lowest BCUT2D eigenvalue weighted by Crippen LogP contribution is -2.53. The fraction of sp³-hybridized carbons (Fsp3) is 0.500. The van der Waals surface area contributed by atoms with Crippen molar-refractivity contribution in [2.75, 3.05) is 35.1 Å². The Balaban J connectivity index is 1.30. The number of rotatable bonds is 11. The molecule has 2 atom stereocenters. The third-order valence-electron chi connectivity index (χ3n) is 6.96. The Morgan fingerprint density at radius 1 is 1.06 bits per heavy atom. The summed E-state index contributed by atoms with van der Waals surface area (Å²) in [5, 5.41) is 9.28. The van der Waals surface area contributed by atoms with Gasteiger partial charge in [-0.25, -0.2) is 0 Å². The van der Waals surface area contributed by atoms with Crippen LogP contribution in [0.1, 0.15) is 37.7 Å². The number of amides is 2. The Morgan fingerprint density at radius 2 is 1.78 bits per heavy atom. The summed E-state index contributed by atoms with van der Waals surface area (Å²) < 4.78 is 0. The minimum absolute atomic E-state index is 0.0771. The maximum Gasteiger partial charge on any atom is 0.243 e. The van der Waals surface area contributed by atoms with Gasteiger partial charge in [-0.15, -0.1) is 11.8 Å². The summed E-state index contributed by atoms with van der Waals surface area (Å²) in [5.41, 5.74) is 3.24. The number of nitrogens with one attached hydrogen (secondary N) is 3. The van der Waals surface area contributed by atoms with Crippen molar-refractivity contribution in [3.8, 4) is 0 Å². The van der Waals surface area contributed by atoms with Gasteiger partial charge in [0.15, 0.2) is 0 Å². The predicted octanol–water partition coefficient (Wildman–Crippen LogP) is 4.53. The molecule has 3 N–H and O–H groups in total. The first-order chi connectivity index (χ1) is 17.6. The van der Waals surface area contributed by atoms with Gasteiger partial charge in [-0.1, -0.05) is 49.6 Å². The molecule has 1 aliphatic heterocycles. The van der Waals surface area contributed by atoms with Crippen LogP contribution in [0.25, 0.3) is 0 Å². The third kappa shape index (κ3) is 7.92. The minimum Gasteiger partial charge on any atom is -0.350 e. The number of carbonyl (C=O) groups excluding carboxylic acids is 2. The van der Waals surface area contributed by atoms with Crippen LogP contribution in [-0.4, -0.2) is 54.1 Å². The average Bonchev–Trinajstić information content (AvgIpc) is 3.47. The zero-order chi connectivity index (χ0) is 25.2. The van der Waals surface area contributed by atoms with E-state index in [-0.39, 0.29) is 17.9 Å². The highest BCUT2D eigenvalue weighted by Gasteiger charge is 2.28. The van der Waals surface area contributed by atoms with Gasteiger partial charge >= 0.3 is 0 Å². The smallest absolute Gasteiger partial charge is 0.243 e. The maximum atomic E-state index is 13.1. The molecule has 0 bridgehead atoms. The van der Waals surface area contributed by atoms with Crippen LogP contribution in [0.5, 0.6) is 0 Å². The van der Waals surface area contributed by atoms with Crippen molar-refractivity contribution in [1.29, 1.82) is 0 Å². The Bertz CT molecular complexity index is 961. The molecule has 6 nitrogen and oxygen atoms in total. The molecular weight excluding hydrogens is 488 g/mol. The molecular formula is C28H38N4O2S2. The highest BCUT2D eigenvalue weighted by molar-refractivity contribution is 7.99. The molecule has 2 fully saturated rings. The Labute approximate surface area is 223 Å². The number of thioether (sulfide) groups is 2. The van der Waals surface area contributed by atoms with E-state index in [1.807, 2.05) is 37.4 Å².